The van der Waals surface area contributed by atoms with Crippen LogP contribution in [-0.2, 0) is 19.1 Å². The molecule has 8 heteroatoms. The maximum Gasteiger partial charge on any atom is 0.297 e. The number of amides is 1. The molecule has 16 heavy (non-hydrogen) atoms. The number of primary amides is 1. The maximum absolute atomic E-state index is 11.4. The minimum Gasteiger partial charge on any atom is -0.506 e. The number of carbonyl (C=O) groups is 1. The monoisotopic (exact) mass is 246 g/mol. The smallest absolute Gasteiger partial charge is 0.297 e. The highest BCUT2D eigenvalue weighted by molar-refractivity contribution is 7.86. The van der Waals surface area contributed by atoms with E-state index in [1.807, 2.05) is 0 Å². The molecule has 0 saturated carbocycles. The van der Waals surface area contributed by atoms with Gasteiger partial charge >= 0.3 is 0 Å². The van der Waals surface area contributed by atoms with Gasteiger partial charge in [-0.1, -0.05) is 0 Å². The van der Waals surface area contributed by atoms with Crippen LogP contribution in [-0.4, -0.2) is 26.0 Å². The third-order valence-corrected chi connectivity index (χ3v) is 2.90. The topological polar surface area (TPSA) is 133 Å². The number of phenolic OH excluding ortho intramolecular Hbond substituents is 1. The number of hydrogen-bond acceptors (Lipinski definition) is 6. The molecule has 1 amide bonds. The molecule has 7 nitrogen and oxygen atoms in total. The average molecular weight is 246 g/mol. The summed E-state index contributed by atoms with van der Waals surface area (Å²) in [6.45, 7) is -0.747. The Bertz CT molecular complexity index is 511. The third-order valence-electron chi connectivity index (χ3n) is 1.64. The number of carbonyl (C=O) groups excluding carboxylic acids is 1. The van der Waals surface area contributed by atoms with Crippen LogP contribution in [0.2, 0.25) is 0 Å². The van der Waals surface area contributed by atoms with Gasteiger partial charge in [-0.25, -0.2) is 0 Å². The van der Waals surface area contributed by atoms with E-state index in [0.29, 0.717) is 0 Å². The normalized spacial score (nSPS) is 11.2. The summed E-state index contributed by atoms with van der Waals surface area (Å²) in [7, 11) is -4.09. The van der Waals surface area contributed by atoms with E-state index >= 15 is 0 Å². The van der Waals surface area contributed by atoms with Crippen LogP contribution in [0.4, 0.5) is 5.69 Å². The van der Waals surface area contributed by atoms with E-state index in [2.05, 4.69) is 4.18 Å². The molecular formula is C8H10N2O5S. The molecule has 0 aliphatic rings. The Morgan fingerprint density at radius 1 is 1.44 bits per heavy atom. The highest BCUT2D eigenvalue weighted by Crippen LogP contribution is 2.23. The van der Waals surface area contributed by atoms with Crippen molar-refractivity contribution in [1.82, 2.24) is 0 Å². The van der Waals surface area contributed by atoms with Crippen molar-refractivity contribution in [1.29, 1.82) is 0 Å². The molecule has 0 bridgehead atoms. The van der Waals surface area contributed by atoms with Crippen LogP contribution in [0.5, 0.6) is 5.75 Å². The molecule has 0 saturated heterocycles. The lowest BCUT2D eigenvalue weighted by Crippen LogP contribution is -2.21. The molecule has 5 N–H and O–H groups in total. The molecule has 1 rings (SSSR count). The van der Waals surface area contributed by atoms with Crippen LogP contribution in [0.1, 0.15) is 0 Å². The molecule has 1 aromatic carbocycles. The van der Waals surface area contributed by atoms with E-state index in [1.54, 1.807) is 0 Å². The summed E-state index contributed by atoms with van der Waals surface area (Å²) < 4.78 is 27.2. The van der Waals surface area contributed by atoms with Crippen molar-refractivity contribution < 1.29 is 22.5 Å². The molecule has 88 valence electrons. The van der Waals surface area contributed by atoms with Gasteiger partial charge in [-0.05, 0) is 18.2 Å². The van der Waals surface area contributed by atoms with Crippen LogP contribution in [0.3, 0.4) is 0 Å². The number of nitrogens with two attached hydrogens (primary N) is 2. The third kappa shape index (κ3) is 2.84. The van der Waals surface area contributed by atoms with E-state index < -0.39 is 22.6 Å². The Kier molecular flexibility index (Phi) is 3.35. The average Bonchev–Trinajstić information content (AvgIpc) is 2.19. The molecular weight excluding hydrogens is 236 g/mol. The van der Waals surface area contributed by atoms with Gasteiger partial charge in [0, 0.05) is 0 Å². The Balaban J connectivity index is 2.99. The van der Waals surface area contributed by atoms with Crippen LogP contribution in [0.15, 0.2) is 23.1 Å². The van der Waals surface area contributed by atoms with E-state index in [-0.39, 0.29) is 16.3 Å². The number of nitrogen functional groups attached to an aromatic ring is 1. The highest BCUT2D eigenvalue weighted by atomic mass is 32.2. The second-order valence-corrected chi connectivity index (χ2v) is 4.52. The minimum atomic E-state index is -4.09. The predicted molar refractivity (Wildman–Crippen MR) is 54.9 cm³/mol. The number of phenols is 1. The predicted octanol–water partition coefficient (Wildman–Crippen LogP) is -0.835. The summed E-state index contributed by atoms with van der Waals surface area (Å²) in [6.07, 6.45) is 0. The molecule has 0 spiro atoms. The lowest BCUT2D eigenvalue weighted by Gasteiger charge is -2.05. The SMILES string of the molecule is NC(=O)COS(=O)(=O)c1ccc(O)c(N)c1. The first-order valence-corrected chi connectivity index (χ1v) is 5.50. The Labute approximate surface area is 91.7 Å². The zero-order valence-electron chi connectivity index (χ0n) is 8.08. The van der Waals surface area contributed by atoms with Crippen molar-refractivity contribution in [3.63, 3.8) is 0 Å². The zero-order chi connectivity index (χ0) is 12.3. The van der Waals surface area contributed by atoms with Crippen LogP contribution < -0.4 is 11.5 Å². The molecule has 0 atom stereocenters. The number of aromatic hydroxyl groups is 1. The standard InChI is InChI=1S/C8H10N2O5S/c9-6-3-5(1-2-7(6)11)16(13,14)15-4-8(10)12/h1-3,11H,4,9H2,(H2,10,12). The molecule has 0 radical (unpaired) electrons. The summed E-state index contributed by atoms with van der Waals surface area (Å²) in [5.41, 5.74) is 9.94. The Morgan fingerprint density at radius 3 is 2.56 bits per heavy atom. The molecule has 0 unspecified atom stereocenters. The molecule has 0 aliphatic heterocycles. The van der Waals surface area contributed by atoms with Gasteiger partial charge in [0.25, 0.3) is 10.1 Å². The number of rotatable bonds is 4. The fourth-order valence-electron chi connectivity index (χ4n) is 0.892. The van der Waals surface area contributed by atoms with Gasteiger partial charge in [0.05, 0.1) is 10.6 Å². The Morgan fingerprint density at radius 2 is 2.06 bits per heavy atom. The van der Waals surface area contributed by atoms with E-state index in [0.717, 1.165) is 18.2 Å². The van der Waals surface area contributed by atoms with Crippen molar-refractivity contribution >= 4 is 21.7 Å². The molecule has 0 aromatic heterocycles. The summed E-state index contributed by atoms with van der Waals surface area (Å²) in [5, 5.41) is 9.09. The fourth-order valence-corrected chi connectivity index (χ4v) is 1.81. The van der Waals surface area contributed by atoms with Gasteiger partial charge in [-0.3, -0.25) is 8.98 Å². The van der Waals surface area contributed by atoms with Gasteiger partial charge in [0.1, 0.15) is 12.4 Å². The summed E-state index contributed by atoms with van der Waals surface area (Å²) in [6, 6.07) is 3.23. The summed E-state index contributed by atoms with van der Waals surface area (Å²) >= 11 is 0. The Hall–Kier alpha value is -1.80. The quantitative estimate of drug-likeness (QED) is 0.360. The van der Waals surface area contributed by atoms with Crippen LogP contribution in [0, 0.1) is 0 Å². The number of benzene rings is 1. The van der Waals surface area contributed by atoms with Crippen molar-refractivity contribution in [3.8, 4) is 5.75 Å². The molecule has 1 aromatic rings. The summed E-state index contributed by atoms with van der Waals surface area (Å²) in [5.74, 6) is -1.15. The van der Waals surface area contributed by atoms with Gasteiger partial charge in [-0.15, -0.1) is 0 Å². The fraction of sp³-hybridized carbons (Fsp3) is 0.125. The summed E-state index contributed by atoms with van der Waals surface area (Å²) in [4.78, 5) is 10.1. The second kappa shape index (κ2) is 4.37. The molecule has 0 heterocycles. The van der Waals surface area contributed by atoms with Crippen LogP contribution in [0.25, 0.3) is 0 Å². The maximum atomic E-state index is 11.4. The highest BCUT2D eigenvalue weighted by Gasteiger charge is 2.17. The first kappa shape index (κ1) is 12.3. The molecule has 0 fully saturated rings. The first-order valence-electron chi connectivity index (χ1n) is 4.09. The van der Waals surface area contributed by atoms with Crippen molar-refractivity contribution in [3.05, 3.63) is 18.2 Å². The van der Waals surface area contributed by atoms with E-state index in [1.165, 1.54) is 0 Å². The van der Waals surface area contributed by atoms with Gasteiger partial charge < -0.3 is 16.6 Å². The van der Waals surface area contributed by atoms with Gasteiger partial charge in [0.2, 0.25) is 5.91 Å². The minimum absolute atomic E-state index is 0.108. The first-order chi connectivity index (χ1) is 7.33. The second-order valence-electron chi connectivity index (χ2n) is 2.90. The molecule has 0 aliphatic carbocycles. The van der Waals surface area contributed by atoms with E-state index in [4.69, 9.17) is 16.6 Å². The van der Waals surface area contributed by atoms with Crippen molar-refractivity contribution in [2.24, 2.45) is 5.73 Å². The number of anilines is 1. The van der Waals surface area contributed by atoms with Crippen molar-refractivity contribution in [2.45, 2.75) is 4.90 Å². The van der Waals surface area contributed by atoms with Gasteiger partial charge in [0.15, 0.2) is 0 Å². The lowest BCUT2D eigenvalue weighted by molar-refractivity contribution is -0.119. The van der Waals surface area contributed by atoms with Crippen LogP contribution >= 0.6 is 0 Å². The lowest BCUT2D eigenvalue weighted by atomic mass is 10.3. The van der Waals surface area contributed by atoms with Gasteiger partial charge in [-0.2, -0.15) is 8.42 Å². The zero-order valence-corrected chi connectivity index (χ0v) is 8.90. The largest absolute Gasteiger partial charge is 0.506 e. The number of hydrogen-bond donors (Lipinski definition) is 3. The van der Waals surface area contributed by atoms with E-state index in [9.17, 15) is 13.2 Å². The van der Waals surface area contributed by atoms with Crippen molar-refractivity contribution in [2.75, 3.05) is 12.3 Å².